The lowest BCUT2D eigenvalue weighted by molar-refractivity contribution is 0.575. The van der Waals surface area contributed by atoms with Crippen molar-refractivity contribution in [2.75, 3.05) is 12.8 Å². The van der Waals surface area contributed by atoms with Gasteiger partial charge >= 0.3 is 0 Å². The van der Waals surface area contributed by atoms with Gasteiger partial charge in [0.2, 0.25) is 10.0 Å². The minimum atomic E-state index is -3.16. The van der Waals surface area contributed by atoms with Crippen LogP contribution in [0.2, 0.25) is 0 Å². The molecule has 0 saturated heterocycles. The molecule has 2 aromatic rings. The number of nitrogens with zero attached hydrogens (tertiary/aromatic N) is 3. The van der Waals surface area contributed by atoms with E-state index in [9.17, 15) is 8.42 Å². The van der Waals surface area contributed by atoms with Crippen molar-refractivity contribution in [3.8, 4) is 11.5 Å². The van der Waals surface area contributed by atoms with Gasteiger partial charge in [0.1, 0.15) is 5.69 Å². The molecular formula is C11H15N5O2S2. The highest BCUT2D eigenvalue weighted by Crippen LogP contribution is 2.14. The third-order valence-electron chi connectivity index (χ3n) is 2.58. The highest BCUT2D eigenvalue weighted by Gasteiger charge is 2.09. The van der Waals surface area contributed by atoms with E-state index in [-0.39, 0.29) is 0 Å². The van der Waals surface area contributed by atoms with Gasteiger partial charge in [0.15, 0.2) is 10.6 Å². The molecule has 20 heavy (non-hydrogen) atoms. The van der Waals surface area contributed by atoms with Crippen LogP contribution < -0.4 is 4.72 Å². The molecule has 0 spiro atoms. The van der Waals surface area contributed by atoms with Crippen LogP contribution in [0.1, 0.15) is 6.42 Å². The summed E-state index contributed by atoms with van der Waals surface area (Å²) < 4.78 is 26.7. The summed E-state index contributed by atoms with van der Waals surface area (Å²) in [6.07, 6.45) is 3.43. The molecule has 2 aromatic heterocycles. The van der Waals surface area contributed by atoms with E-state index in [1.54, 1.807) is 6.20 Å². The molecule has 0 unspecified atom stereocenters. The highest BCUT2D eigenvalue weighted by molar-refractivity contribution is 7.88. The molecule has 2 rings (SSSR count). The van der Waals surface area contributed by atoms with Crippen molar-refractivity contribution in [3.05, 3.63) is 29.2 Å². The predicted molar refractivity (Wildman–Crippen MR) is 78.1 cm³/mol. The summed E-state index contributed by atoms with van der Waals surface area (Å²) in [6.45, 7) is 0.914. The molecule has 0 fully saturated rings. The second kappa shape index (κ2) is 6.25. The Bertz CT molecular complexity index is 721. The van der Waals surface area contributed by atoms with Crippen molar-refractivity contribution in [2.45, 2.75) is 13.0 Å². The monoisotopic (exact) mass is 313 g/mol. The van der Waals surface area contributed by atoms with E-state index in [0.29, 0.717) is 30.1 Å². The second-order valence-electron chi connectivity index (χ2n) is 4.24. The Morgan fingerprint density at radius 2 is 2.25 bits per heavy atom. The van der Waals surface area contributed by atoms with Crippen LogP contribution in [0.15, 0.2) is 24.4 Å². The topological polar surface area (TPSA) is 92.7 Å². The summed E-state index contributed by atoms with van der Waals surface area (Å²) in [5.74, 6) is 0.648. The zero-order valence-electron chi connectivity index (χ0n) is 10.9. The zero-order valence-corrected chi connectivity index (χ0v) is 12.5. The smallest absolute Gasteiger partial charge is 0.208 e. The maximum atomic E-state index is 11.0. The van der Waals surface area contributed by atoms with E-state index in [4.69, 9.17) is 12.2 Å². The van der Waals surface area contributed by atoms with E-state index >= 15 is 0 Å². The van der Waals surface area contributed by atoms with Crippen molar-refractivity contribution in [3.63, 3.8) is 0 Å². The zero-order chi connectivity index (χ0) is 14.6. The third-order valence-corrected chi connectivity index (χ3v) is 3.62. The number of hydrogen-bond acceptors (Lipinski definition) is 5. The average molecular weight is 313 g/mol. The van der Waals surface area contributed by atoms with Crippen LogP contribution in [0, 0.1) is 4.77 Å². The molecule has 0 atom stereocenters. The van der Waals surface area contributed by atoms with Gasteiger partial charge in [0.05, 0.1) is 6.26 Å². The van der Waals surface area contributed by atoms with Crippen molar-refractivity contribution in [1.82, 2.24) is 24.5 Å². The number of hydrogen-bond donors (Lipinski definition) is 2. The quantitative estimate of drug-likeness (QED) is 0.611. The van der Waals surface area contributed by atoms with Crippen molar-refractivity contribution in [2.24, 2.45) is 0 Å². The third kappa shape index (κ3) is 3.95. The summed E-state index contributed by atoms with van der Waals surface area (Å²) in [5.41, 5.74) is 0.718. The molecule has 0 radical (unpaired) electrons. The Labute approximate surface area is 122 Å². The van der Waals surface area contributed by atoms with E-state index in [1.807, 2.05) is 22.8 Å². The fourth-order valence-electron chi connectivity index (χ4n) is 1.71. The highest BCUT2D eigenvalue weighted by atomic mass is 32.2. The average Bonchev–Trinajstić information content (AvgIpc) is 2.76. The van der Waals surface area contributed by atoms with Crippen molar-refractivity contribution < 1.29 is 8.42 Å². The molecule has 0 aliphatic heterocycles. The van der Waals surface area contributed by atoms with E-state index in [1.165, 1.54) is 0 Å². The molecule has 0 aliphatic carbocycles. The van der Waals surface area contributed by atoms with E-state index < -0.39 is 10.0 Å². The molecule has 0 bridgehead atoms. The van der Waals surface area contributed by atoms with Crippen LogP contribution in [0.4, 0.5) is 0 Å². The van der Waals surface area contributed by atoms with Gasteiger partial charge in [-0.3, -0.25) is 14.6 Å². The largest absolute Gasteiger partial charge is 0.299 e. The first-order valence-electron chi connectivity index (χ1n) is 5.98. The molecular weight excluding hydrogens is 298 g/mol. The molecule has 108 valence electrons. The SMILES string of the molecule is CS(=O)(=O)NCCCn1c(-c2ccccn2)n[nH]c1=S. The normalized spacial score (nSPS) is 11.7. The molecule has 2 heterocycles. The molecule has 0 saturated carbocycles. The maximum absolute atomic E-state index is 11.0. The predicted octanol–water partition coefficient (Wildman–Crippen LogP) is 0.942. The summed E-state index contributed by atoms with van der Waals surface area (Å²) in [5, 5.41) is 6.89. The molecule has 2 N–H and O–H groups in total. The van der Waals surface area contributed by atoms with Crippen LogP contribution in [0.5, 0.6) is 0 Å². The van der Waals surface area contributed by atoms with E-state index in [0.717, 1.165) is 11.9 Å². The summed E-state index contributed by atoms with van der Waals surface area (Å²) in [6, 6.07) is 5.54. The fraction of sp³-hybridized carbons (Fsp3) is 0.364. The lowest BCUT2D eigenvalue weighted by Gasteiger charge is -2.06. The first-order chi connectivity index (χ1) is 9.47. The second-order valence-corrected chi connectivity index (χ2v) is 6.46. The van der Waals surface area contributed by atoms with Gasteiger partial charge in [-0.05, 0) is 30.8 Å². The van der Waals surface area contributed by atoms with Crippen molar-refractivity contribution >= 4 is 22.2 Å². The van der Waals surface area contributed by atoms with Gasteiger partial charge in [-0.15, -0.1) is 0 Å². The van der Waals surface area contributed by atoms with Gasteiger partial charge in [0, 0.05) is 19.3 Å². The van der Waals surface area contributed by atoms with Crippen LogP contribution in [0.3, 0.4) is 0 Å². The number of rotatable bonds is 6. The van der Waals surface area contributed by atoms with Crippen molar-refractivity contribution in [1.29, 1.82) is 0 Å². The molecule has 9 heteroatoms. The first kappa shape index (κ1) is 14.8. The fourth-order valence-corrected chi connectivity index (χ4v) is 2.45. The maximum Gasteiger partial charge on any atom is 0.208 e. The number of sulfonamides is 1. The molecule has 0 aliphatic rings. The van der Waals surface area contributed by atoms with Gasteiger partial charge in [0.25, 0.3) is 0 Å². The first-order valence-corrected chi connectivity index (χ1v) is 8.28. The Kier molecular flexibility index (Phi) is 4.63. The Balaban J connectivity index is 2.09. The molecule has 7 nitrogen and oxygen atoms in total. The lowest BCUT2D eigenvalue weighted by atomic mass is 10.3. The van der Waals surface area contributed by atoms with E-state index in [2.05, 4.69) is 19.9 Å². The summed E-state index contributed by atoms with van der Waals surface area (Å²) >= 11 is 5.17. The van der Waals surface area contributed by atoms with Crippen LogP contribution in [0.25, 0.3) is 11.5 Å². The van der Waals surface area contributed by atoms with Gasteiger partial charge < -0.3 is 0 Å². The van der Waals surface area contributed by atoms with Gasteiger partial charge in [-0.2, -0.15) is 5.10 Å². The minimum Gasteiger partial charge on any atom is -0.299 e. The Morgan fingerprint density at radius 3 is 2.90 bits per heavy atom. The van der Waals surface area contributed by atoms with Crippen LogP contribution in [-0.4, -0.2) is 41.0 Å². The number of H-pyrrole nitrogens is 1. The number of nitrogens with one attached hydrogen (secondary N) is 2. The summed E-state index contributed by atoms with van der Waals surface area (Å²) in [4.78, 5) is 4.23. The Hall–Kier alpha value is -1.58. The molecule has 0 aromatic carbocycles. The van der Waals surface area contributed by atoms with Gasteiger partial charge in [-0.25, -0.2) is 13.1 Å². The van der Waals surface area contributed by atoms with Gasteiger partial charge in [-0.1, -0.05) is 6.07 Å². The standard InChI is InChI=1S/C11H15N5O2S2/c1-20(17,18)13-7-4-8-16-10(14-15-11(16)19)9-5-2-3-6-12-9/h2-3,5-6,13H,4,7-8H2,1H3,(H,15,19). The Morgan fingerprint density at radius 1 is 1.45 bits per heavy atom. The number of aromatic amines is 1. The number of aromatic nitrogens is 4. The van der Waals surface area contributed by atoms with Crippen LogP contribution in [-0.2, 0) is 16.6 Å². The van der Waals surface area contributed by atoms with Crippen LogP contribution >= 0.6 is 12.2 Å². The lowest BCUT2D eigenvalue weighted by Crippen LogP contribution is -2.24. The number of pyridine rings is 1. The molecule has 0 amide bonds. The summed E-state index contributed by atoms with van der Waals surface area (Å²) in [7, 11) is -3.16. The minimum absolute atomic E-state index is 0.355.